The summed E-state index contributed by atoms with van der Waals surface area (Å²) >= 11 is 7.65. The van der Waals surface area contributed by atoms with Crippen molar-refractivity contribution in [3.8, 4) is 11.4 Å². The first-order chi connectivity index (χ1) is 12.6. The number of nitrogens with zero attached hydrogens (tertiary/aromatic N) is 3. The predicted molar refractivity (Wildman–Crippen MR) is 104 cm³/mol. The van der Waals surface area contributed by atoms with Crippen molar-refractivity contribution in [3.05, 3.63) is 71.1 Å². The molecule has 0 N–H and O–H groups in total. The van der Waals surface area contributed by atoms with E-state index in [1.165, 1.54) is 11.8 Å². The Morgan fingerprint density at radius 3 is 2.65 bits per heavy atom. The Kier molecular flexibility index (Phi) is 6.30. The van der Waals surface area contributed by atoms with Gasteiger partial charge in [-0.3, -0.25) is 4.79 Å². The number of aromatic nitrogens is 2. The summed E-state index contributed by atoms with van der Waals surface area (Å²) < 4.78 is 5.25. The maximum atomic E-state index is 12.3. The number of benzene rings is 2. The average Bonchev–Trinajstić information content (AvgIpc) is 3.12. The first-order valence-electron chi connectivity index (χ1n) is 8.06. The molecule has 7 heteroatoms. The molecule has 0 aliphatic rings. The van der Waals surface area contributed by atoms with Gasteiger partial charge >= 0.3 is 0 Å². The number of carbonyl (C=O) groups excluding carboxylic acids is 1. The molecular formula is C19H18ClN3O2S. The highest BCUT2D eigenvalue weighted by atomic mass is 35.5. The van der Waals surface area contributed by atoms with Crippen molar-refractivity contribution in [2.45, 2.75) is 12.3 Å². The molecule has 0 saturated heterocycles. The van der Waals surface area contributed by atoms with Gasteiger partial charge in [0.05, 0.1) is 12.3 Å². The van der Waals surface area contributed by atoms with E-state index in [2.05, 4.69) is 10.1 Å². The van der Waals surface area contributed by atoms with E-state index in [4.69, 9.17) is 16.1 Å². The van der Waals surface area contributed by atoms with Gasteiger partial charge in [-0.05, 0) is 11.6 Å². The van der Waals surface area contributed by atoms with Crippen LogP contribution < -0.4 is 0 Å². The molecule has 0 radical (unpaired) electrons. The molecule has 0 bridgehead atoms. The highest BCUT2D eigenvalue weighted by Crippen LogP contribution is 2.21. The zero-order chi connectivity index (χ0) is 18.4. The fourth-order valence-corrected chi connectivity index (χ4v) is 3.54. The van der Waals surface area contributed by atoms with Gasteiger partial charge in [0, 0.05) is 23.4 Å². The lowest BCUT2D eigenvalue weighted by Gasteiger charge is -2.14. The van der Waals surface area contributed by atoms with E-state index in [-0.39, 0.29) is 12.5 Å². The molecule has 1 amide bonds. The van der Waals surface area contributed by atoms with Crippen molar-refractivity contribution in [1.82, 2.24) is 15.0 Å². The van der Waals surface area contributed by atoms with Crippen LogP contribution in [0.4, 0.5) is 0 Å². The standard InChI is InChI=1S/C19H18ClN3O2S/c1-23(18(24)13-26-12-15-9-5-6-10-16(15)20)11-17-21-19(22-25-17)14-7-3-2-4-8-14/h2-10H,11-13H2,1H3. The zero-order valence-electron chi connectivity index (χ0n) is 14.3. The fourth-order valence-electron chi connectivity index (χ4n) is 2.29. The topological polar surface area (TPSA) is 59.2 Å². The van der Waals surface area contributed by atoms with Gasteiger partial charge in [0.15, 0.2) is 0 Å². The van der Waals surface area contributed by atoms with Crippen LogP contribution in [0, 0.1) is 0 Å². The van der Waals surface area contributed by atoms with E-state index in [0.29, 0.717) is 23.2 Å². The van der Waals surface area contributed by atoms with E-state index in [9.17, 15) is 4.79 Å². The molecule has 1 aromatic heterocycles. The van der Waals surface area contributed by atoms with E-state index >= 15 is 0 Å². The molecule has 134 valence electrons. The van der Waals surface area contributed by atoms with E-state index < -0.39 is 0 Å². The largest absolute Gasteiger partial charge is 0.337 e. The van der Waals surface area contributed by atoms with Gasteiger partial charge in [-0.25, -0.2) is 0 Å². The van der Waals surface area contributed by atoms with Crippen LogP contribution in [0.3, 0.4) is 0 Å². The summed E-state index contributed by atoms with van der Waals surface area (Å²) in [5.41, 5.74) is 1.91. The highest BCUT2D eigenvalue weighted by molar-refractivity contribution is 7.99. The van der Waals surface area contributed by atoms with Gasteiger partial charge < -0.3 is 9.42 Å². The Labute approximate surface area is 161 Å². The minimum absolute atomic E-state index is 0.00140. The molecule has 3 rings (SSSR count). The average molecular weight is 388 g/mol. The van der Waals surface area contributed by atoms with Gasteiger partial charge in [0.2, 0.25) is 17.6 Å². The van der Waals surface area contributed by atoms with Crippen molar-refractivity contribution in [1.29, 1.82) is 0 Å². The SMILES string of the molecule is CN(Cc1nc(-c2ccccc2)no1)C(=O)CSCc1ccccc1Cl. The van der Waals surface area contributed by atoms with Gasteiger partial charge in [-0.1, -0.05) is 65.3 Å². The summed E-state index contributed by atoms with van der Waals surface area (Å²) in [7, 11) is 1.73. The molecule has 3 aromatic rings. The Morgan fingerprint density at radius 1 is 1.15 bits per heavy atom. The highest BCUT2D eigenvalue weighted by Gasteiger charge is 2.15. The smallest absolute Gasteiger partial charge is 0.246 e. The van der Waals surface area contributed by atoms with Crippen LogP contribution in [0.2, 0.25) is 5.02 Å². The lowest BCUT2D eigenvalue weighted by molar-refractivity contribution is -0.127. The van der Waals surface area contributed by atoms with Crippen LogP contribution in [0.5, 0.6) is 0 Å². The molecule has 0 atom stereocenters. The van der Waals surface area contributed by atoms with Gasteiger partial charge in [-0.15, -0.1) is 11.8 Å². The minimum atomic E-state index is 0.00140. The second-order valence-electron chi connectivity index (χ2n) is 5.71. The lowest BCUT2D eigenvalue weighted by Crippen LogP contribution is -2.28. The van der Waals surface area contributed by atoms with Gasteiger partial charge in [0.1, 0.15) is 0 Å². The normalized spacial score (nSPS) is 10.7. The molecule has 0 saturated carbocycles. The Hall–Kier alpha value is -2.31. The third-order valence-corrected chi connectivity index (χ3v) is 5.07. The molecule has 0 aliphatic heterocycles. The first-order valence-corrected chi connectivity index (χ1v) is 9.60. The molecule has 0 unspecified atom stereocenters. The first kappa shape index (κ1) is 18.5. The molecule has 0 fully saturated rings. The van der Waals surface area contributed by atoms with E-state index in [0.717, 1.165) is 16.1 Å². The van der Waals surface area contributed by atoms with Crippen molar-refractivity contribution in [2.75, 3.05) is 12.8 Å². The lowest BCUT2D eigenvalue weighted by atomic mass is 10.2. The summed E-state index contributed by atoms with van der Waals surface area (Å²) in [5, 5.41) is 4.69. The van der Waals surface area contributed by atoms with E-state index in [1.807, 2.05) is 54.6 Å². The number of hydrogen-bond donors (Lipinski definition) is 0. The number of halogens is 1. The third kappa shape index (κ3) is 4.86. The van der Waals surface area contributed by atoms with Crippen LogP contribution in [0.15, 0.2) is 59.1 Å². The summed E-state index contributed by atoms with van der Waals surface area (Å²) in [6, 6.07) is 17.2. The number of amides is 1. The fraction of sp³-hybridized carbons (Fsp3) is 0.211. The summed E-state index contributed by atoms with van der Waals surface area (Å²) in [6.07, 6.45) is 0. The summed E-state index contributed by atoms with van der Waals surface area (Å²) in [4.78, 5) is 18.2. The third-order valence-electron chi connectivity index (χ3n) is 3.74. The second-order valence-corrected chi connectivity index (χ2v) is 7.10. The van der Waals surface area contributed by atoms with Crippen LogP contribution >= 0.6 is 23.4 Å². The number of thioether (sulfide) groups is 1. The molecular weight excluding hydrogens is 370 g/mol. The monoisotopic (exact) mass is 387 g/mol. The maximum Gasteiger partial charge on any atom is 0.246 e. The predicted octanol–water partition coefficient (Wildman–Crippen LogP) is 4.28. The zero-order valence-corrected chi connectivity index (χ0v) is 15.8. The Bertz CT molecular complexity index is 870. The van der Waals surface area contributed by atoms with Crippen LogP contribution in [-0.2, 0) is 17.1 Å². The van der Waals surface area contributed by atoms with Crippen molar-refractivity contribution in [3.63, 3.8) is 0 Å². The number of carbonyl (C=O) groups is 1. The quantitative estimate of drug-likeness (QED) is 0.605. The molecule has 0 spiro atoms. The Balaban J connectivity index is 1.50. The maximum absolute atomic E-state index is 12.3. The van der Waals surface area contributed by atoms with Crippen molar-refractivity contribution >= 4 is 29.3 Å². The van der Waals surface area contributed by atoms with Crippen LogP contribution in [-0.4, -0.2) is 33.7 Å². The number of rotatable bonds is 7. The molecule has 0 aliphatic carbocycles. The van der Waals surface area contributed by atoms with Crippen LogP contribution in [0.25, 0.3) is 11.4 Å². The molecule has 1 heterocycles. The van der Waals surface area contributed by atoms with Crippen molar-refractivity contribution in [2.24, 2.45) is 0 Å². The van der Waals surface area contributed by atoms with E-state index in [1.54, 1.807) is 11.9 Å². The summed E-state index contributed by atoms with van der Waals surface area (Å²) in [5.74, 6) is 1.99. The molecule has 26 heavy (non-hydrogen) atoms. The summed E-state index contributed by atoms with van der Waals surface area (Å²) in [6.45, 7) is 0.283. The van der Waals surface area contributed by atoms with Crippen LogP contribution in [0.1, 0.15) is 11.5 Å². The molecule has 2 aromatic carbocycles. The molecule has 5 nitrogen and oxygen atoms in total. The van der Waals surface area contributed by atoms with Gasteiger partial charge in [0.25, 0.3) is 0 Å². The minimum Gasteiger partial charge on any atom is -0.337 e. The van der Waals surface area contributed by atoms with Crippen molar-refractivity contribution < 1.29 is 9.32 Å². The number of hydrogen-bond acceptors (Lipinski definition) is 5. The van der Waals surface area contributed by atoms with Gasteiger partial charge in [-0.2, -0.15) is 4.98 Å². The second kappa shape index (κ2) is 8.87. The Morgan fingerprint density at radius 2 is 1.88 bits per heavy atom.